The third kappa shape index (κ3) is 4.69. The molecular weight excluding hydrogens is 234 g/mol. The molecule has 96 valence electrons. The smallest absolute Gasteiger partial charge is 0.328 e. The van der Waals surface area contributed by atoms with Gasteiger partial charge in [0.05, 0.1) is 13.0 Å². The molecule has 0 spiro atoms. The molecule has 0 aromatic heterocycles. The van der Waals surface area contributed by atoms with Gasteiger partial charge in [0.25, 0.3) is 0 Å². The van der Waals surface area contributed by atoms with Crippen molar-refractivity contribution in [2.24, 2.45) is 0 Å². The van der Waals surface area contributed by atoms with Crippen molar-refractivity contribution in [1.82, 2.24) is 5.32 Å². The van der Waals surface area contributed by atoms with E-state index in [9.17, 15) is 9.59 Å². The van der Waals surface area contributed by atoms with Gasteiger partial charge in [-0.2, -0.15) is 0 Å². The van der Waals surface area contributed by atoms with Crippen molar-refractivity contribution >= 4 is 18.0 Å². The second kappa shape index (κ2) is 7.11. The van der Waals surface area contributed by atoms with E-state index in [2.05, 4.69) is 5.32 Å². The Hall–Kier alpha value is -2.30. The Kier molecular flexibility index (Phi) is 5.44. The maximum atomic E-state index is 11.0. The van der Waals surface area contributed by atoms with Crippen LogP contribution in [0, 0.1) is 0 Å². The summed E-state index contributed by atoms with van der Waals surface area (Å²) in [6, 6.07) is 7.04. The minimum Gasteiger partial charge on any atom is -0.492 e. The van der Waals surface area contributed by atoms with Crippen molar-refractivity contribution in [3.63, 3.8) is 0 Å². The van der Waals surface area contributed by atoms with Crippen LogP contribution in [-0.4, -0.2) is 30.6 Å². The van der Waals surface area contributed by atoms with Crippen LogP contribution in [0.1, 0.15) is 12.0 Å². The number of carboxylic acids is 1. The lowest BCUT2D eigenvalue weighted by Crippen LogP contribution is -2.20. The number of benzene rings is 1. The zero-order valence-corrected chi connectivity index (χ0v) is 10.1. The molecule has 0 aliphatic rings. The molecule has 0 saturated carbocycles. The molecular formula is C13H15NO4. The predicted octanol–water partition coefficient (Wildman–Crippen LogP) is 1.30. The fraction of sp³-hybridized carbons (Fsp3) is 0.231. The number of hydrogen-bond acceptors (Lipinski definition) is 3. The van der Waals surface area contributed by atoms with E-state index < -0.39 is 5.97 Å². The van der Waals surface area contributed by atoms with Crippen LogP contribution in [0.5, 0.6) is 5.75 Å². The maximum absolute atomic E-state index is 11.0. The summed E-state index contributed by atoms with van der Waals surface area (Å²) < 4.78 is 5.44. The lowest BCUT2D eigenvalue weighted by Gasteiger charge is -2.08. The lowest BCUT2D eigenvalue weighted by molar-refractivity contribution is -0.131. The number of rotatable bonds is 6. The molecule has 5 nitrogen and oxygen atoms in total. The zero-order valence-electron chi connectivity index (χ0n) is 10.1. The van der Waals surface area contributed by atoms with Crippen LogP contribution < -0.4 is 10.1 Å². The molecule has 2 N–H and O–H groups in total. The summed E-state index contributed by atoms with van der Waals surface area (Å²) in [6.45, 7) is 0.248. The summed E-state index contributed by atoms with van der Waals surface area (Å²) in [5.41, 5.74) is 0.664. The monoisotopic (exact) mass is 249 g/mol. The van der Waals surface area contributed by atoms with Gasteiger partial charge in [-0.3, -0.25) is 4.79 Å². The molecule has 1 amide bonds. The number of carboxylic acid groups (broad SMARTS) is 1. The van der Waals surface area contributed by atoms with E-state index in [4.69, 9.17) is 9.84 Å². The Morgan fingerprint density at radius 3 is 2.78 bits per heavy atom. The molecule has 0 radical (unpaired) electrons. The second-order valence-electron chi connectivity index (χ2n) is 3.48. The summed E-state index contributed by atoms with van der Waals surface area (Å²) in [6.07, 6.45) is 2.76. The number of ether oxygens (including phenoxy) is 1. The highest BCUT2D eigenvalue weighted by atomic mass is 16.5. The van der Waals surface area contributed by atoms with Crippen molar-refractivity contribution in [3.05, 3.63) is 35.9 Å². The van der Waals surface area contributed by atoms with Gasteiger partial charge in [0.1, 0.15) is 5.75 Å². The number of nitrogens with one attached hydrogen (secondary N) is 1. The van der Waals surface area contributed by atoms with Gasteiger partial charge in [0.2, 0.25) is 5.91 Å². The average molecular weight is 249 g/mol. The number of aliphatic carboxylic acids is 1. The number of amides is 1. The Bertz CT molecular complexity index is 454. The van der Waals surface area contributed by atoms with E-state index in [1.54, 1.807) is 31.3 Å². The summed E-state index contributed by atoms with van der Waals surface area (Å²) in [7, 11) is 1.56. The molecule has 1 aromatic carbocycles. The summed E-state index contributed by atoms with van der Waals surface area (Å²) in [4.78, 5) is 21.5. The van der Waals surface area contributed by atoms with E-state index in [0.717, 1.165) is 6.08 Å². The number of carbonyl (C=O) groups excluding carboxylic acids is 1. The summed E-state index contributed by atoms with van der Waals surface area (Å²) >= 11 is 0. The number of hydrogen-bond donors (Lipinski definition) is 2. The molecule has 18 heavy (non-hydrogen) atoms. The molecule has 0 bridgehead atoms. The highest BCUT2D eigenvalue weighted by Crippen LogP contribution is 2.19. The van der Waals surface area contributed by atoms with Gasteiger partial charge >= 0.3 is 5.97 Å². The molecule has 0 aliphatic heterocycles. The largest absolute Gasteiger partial charge is 0.492 e. The van der Waals surface area contributed by atoms with Crippen molar-refractivity contribution in [3.8, 4) is 5.75 Å². The van der Waals surface area contributed by atoms with Crippen molar-refractivity contribution < 1.29 is 19.4 Å². The first-order valence-corrected chi connectivity index (χ1v) is 5.47. The van der Waals surface area contributed by atoms with Crippen molar-refractivity contribution in [1.29, 1.82) is 0 Å². The van der Waals surface area contributed by atoms with Crippen LogP contribution >= 0.6 is 0 Å². The van der Waals surface area contributed by atoms with Gasteiger partial charge < -0.3 is 15.2 Å². The molecule has 5 heteroatoms. The molecule has 0 heterocycles. The Morgan fingerprint density at radius 1 is 1.39 bits per heavy atom. The van der Waals surface area contributed by atoms with Crippen LogP contribution in [0.4, 0.5) is 0 Å². The van der Waals surface area contributed by atoms with E-state index in [-0.39, 0.29) is 18.9 Å². The van der Waals surface area contributed by atoms with E-state index >= 15 is 0 Å². The fourth-order valence-corrected chi connectivity index (χ4v) is 1.29. The summed E-state index contributed by atoms with van der Waals surface area (Å²) in [5, 5.41) is 11.1. The van der Waals surface area contributed by atoms with Gasteiger partial charge in [-0.25, -0.2) is 4.79 Å². The highest BCUT2D eigenvalue weighted by molar-refractivity contribution is 5.85. The Labute approximate surface area is 105 Å². The van der Waals surface area contributed by atoms with Gasteiger partial charge in [-0.05, 0) is 12.1 Å². The maximum Gasteiger partial charge on any atom is 0.328 e. The molecule has 0 saturated heterocycles. The normalized spacial score (nSPS) is 10.3. The third-order valence-electron chi connectivity index (χ3n) is 2.19. The highest BCUT2D eigenvalue weighted by Gasteiger charge is 2.02. The Balaban J connectivity index is 2.64. The van der Waals surface area contributed by atoms with Crippen molar-refractivity contribution in [2.75, 3.05) is 13.7 Å². The van der Waals surface area contributed by atoms with Crippen LogP contribution in [0.15, 0.2) is 30.3 Å². The zero-order chi connectivity index (χ0) is 13.4. The molecule has 1 rings (SSSR count). The number of para-hydroxylation sites is 1. The third-order valence-corrected chi connectivity index (χ3v) is 2.19. The lowest BCUT2D eigenvalue weighted by atomic mass is 10.2. The average Bonchev–Trinajstić information content (AvgIpc) is 2.37. The minimum atomic E-state index is -1.02. The quantitative estimate of drug-likeness (QED) is 0.745. The molecule has 0 unspecified atom stereocenters. The SMILES string of the molecule is CNC(=O)CCOc1ccccc1C=CC(=O)O. The minimum absolute atomic E-state index is 0.103. The topological polar surface area (TPSA) is 75.6 Å². The summed E-state index contributed by atoms with van der Waals surface area (Å²) in [5.74, 6) is -0.567. The van der Waals surface area contributed by atoms with E-state index in [1.807, 2.05) is 0 Å². The first kappa shape index (κ1) is 13.8. The van der Waals surface area contributed by atoms with Crippen LogP contribution in [-0.2, 0) is 9.59 Å². The van der Waals surface area contributed by atoms with Gasteiger partial charge in [0, 0.05) is 18.7 Å². The first-order chi connectivity index (χ1) is 8.63. The molecule has 0 aliphatic carbocycles. The van der Waals surface area contributed by atoms with Crippen LogP contribution in [0.2, 0.25) is 0 Å². The van der Waals surface area contributed by atoms with Crippen LogP contribution in [0.25, 0.3) is 6.08 Å². The number of carbonyl (C=O) groups is 2. The van der Waals surface area contributed by atoms with Crippen molar-refractivity contribution in [2.45, 2.75) is 6.42 Å². The van der Waals surface area contributed by atoms with E-state index in [0.29, 0.717) is 11.3 Å². The van der Waals surface area contributed by atoms with E-state index in [1.165, 1.54) is 6.08 Å². The second-order valence-corrected chi connectivity index (χ2v) is 3.48. The van der Waals surface area contributed by atoms with Crippen LogP contribution in [0.3, 0.4) is 0 Å². The Morgan fingerprint density at radius 2 is 2.11 bits per heavy atom. The van der Waals surface area contributed by atoms with Gasteiger partial charge in [0.15, 0.2) is 0 Å². The van der Waals surface area contributed by atoms with Gasteiger partial charge in [-0.15, -0.1) is 0 Å². The standard InChI is InChI=1S/C13H15NO4/c1-14-12(15)8-9-18-11-5-3-2-4-10(11)6-7-13(16)17/h2-7H,8-9H2,1H3,(H,14,15)(H,16,17). The molecule has 0 atom stereocenters. The first-order valence-electron chi connectivity index (χ1n) is 5.47. The predicted molar refractivity (Wildman–Crippen MR) is 67.3 cm³/mol. The fourth-order valence-electron chi connectivity index (χ4n) is 1.29. The molecule has 1 aromatic rings. The van der Waals surface area contributed by atoms with Gasteiger partial charge in [-0.1, -0.05) is 18.2 Å². The molecule has 0 fully saturated rings.